The normalized spacial score (nSPS) is 16.1. The first-order valence-electron chi connectivity index (χ1n) is 2.15. The van der Waals surface area contributed by atoms with Crippen molar-refractivity contribution in [3.05, 3.63) is 11.8 Å². The predicted octanol–water partition coefficient (Wildman–Crippen LogP) is -0.318. The fourth-order valence-corrected chi connectivity index (χ4v) is 0.799. The lowest BCUT2D eigenvalue weighted by molar-refractivity contribution is -0.114. The Morgan fingerprint density at radius 3 is 2.67 bits per heavy atom. The van der Waals surface area contributed by atoms with Crippen LogP contribution in [0.4, 0.5) is 0 Å². The molecule has 0 saturated carbocycles. The van der Waals surface area contributed by atoms with Crippen LogP contribution in [0.15, 0.2) is 16.9 Å². The Morgan fingerprint density at radius 2 is 2.44 bits per heavy atom. The summed E-state index contributed by atoms with van der Waals surface area (Å²) in [6.45, 7) is 0. The van der Waals surface area contributed by atoms with Crippen molar-refractivity contribution >= 4 is 26.5 Å². The van der Waals surface area contributed by atoms with E-state index in [-0.39, 0.29) is 0 Å². The lowest BCUT2D eigenvalue weighted by Crippen LogP contribution is -2.16. The SMILES string of the molecule is NC(=O)C1=C[N]N=C1Br. The molecule has 0 aliphatic carbocycles. The van der Waals surface area contributed by atoms with E-state index in [1.54, 1.807) is 0 Å². The number of hydrogen-bond acceptors (Lipinski definition) is 2. The Labute approximate surface area is 59.9 Å². The molecule has 0 spiro atoms. The topological polar surface area (TPSA) is 69.6 Å². The van der Waals surface area contributed by atoms with Gasteiger partial charge in [-0.05, 0) is 15.9 Å². The van der Waals surface area contributed by atoms with Gasteiger partial charge in [0.25, 0.3) is 5.91 Å². The van der Waals surface area contributed by atoms with Gasteiger partial charge in [0.05, 0.1) is 11.8 Å². The van der Waals surface area contributed by atoms with Crippen molar-refractivity contribution in [3.63, 3.8) is 0 Å². The molecule has 0 bridgehead atoms. The Morgan fingerprint density at radius 1 is 1.78 bits per heavy atom. The van der Waals surface area contributed by atoms with Gasteiger partial charge in [0.2, 0.25) is 0 Å². The molecule has 47 valence electrons. The zero-order valence-corrected chi connectivity index (χ0v) is 5.92. The molecular weight excluding hydrogens is 186 g/mol. The molecule has 1 heterocycles. The molecule has 9 heavy (non-hydrogen) atoms. The fraction of sp³-hybridized carbons (Fsp3) is 0. The van der Waals surface area contributed by atoms with Crippen LogP contribution in [0.2, 0.25) is 0 Å². The second-order valence-corrected chi connectivity index (χ2v) is 2.16. The summed E-state index contributed by atoms with van der Waals surface area (Å²) in [6.07, 6.45) is 1.31. The van der Waals surface area contributed by atoms with Gasteiger partial charge in [-0.1, -0.05) is 0 Å². The van der Waals surface area contributed by atoms with Gasteiger partial charge in [-0.25, -0.2) is 0 Å². The van der Waals surface area contributed by atoms with Gasteiger partial charge in [-0.15, -0.1) is 5.10 Å². The molecule has 1 aliphatic rings. The third-order valence-electron chi connectivity index (χ3n) is 0.820. The average Bonchev–Trinajstić information content (AvgIpc) is 2.13. The maximum absolute atomic E-state index is 10.4. The van der Waals surface area contributed by atoms with Gasteiger partial charge in [0.15, 0.2) is 0 Å². The van der Waals surface area contributed by atoms with E-state index < -0.39 is 5.91 Å². The van der Waals surface area contributed by atoms with E-state index >= 15 is 0 Å². The maximum atomic E-state index is 10.4. The first kappa shape index (κ1) is 6.28. The second-order valence-electron chi connectivity index (χ2n) is 1.41. The molecule has 0 unspecified atom stereocenters. The largest absolute Gasteiger partial charge is 0.365 e. The van der Waals surface area contributed by atoms with E-state index in [9.17, 15) is 4.79 Å². The highest BCUT2D eigenvalue weighted by atomic mass is 79.9. The Hall–Kier alpha value is -0.840. The first-order valence-corrected chi connectivity index (χ1v) is 2.95. The van der Waals surface area contributed by atoms with Crippen LogP contribution in [0.3, 0.4) is 0 Å². The molecule has 2 N–H and O–H groups in total. The predicted molar refractivity (Wildman–Crippen MR) is 35.8 cm³/mol. The van der Waals surface area contributed by atoms with Gasteiger partial charge >= 0.3 is 0 Å². The minimum Gasteiger partial charge on any atom is -0.365 e. The average molecular weight is 189 g/mol. The minimum absolute atomic E-state index is 0.315. The zero-order valence-electron chi connectivity index (χ0n) is 4.34. The number of nitrogens with two attached hydrogens (primary N) is 1. The van der Waals surface area contributed by atoms with Gasteiger partial charge < -0.3 is 5.73 Å². The number of amides is 1. The monoisotopic (exact) mass is 188 g/mol. The number of carbonyl (C=O) groups is 1. The van der Waals surface area contributed by atoms with Crippen LogP contribution in [-0.4, -0.2) is 10.5 Å². The fourth-order valence-electron chi connectivity index (χ4n) is 0.410. The number of primary amides is 1. The molecule has 4 nitrogen and oxygen atoms in total. The van der Waals surface area contributed by atoms with Crippen molar-refractivity contribution in [1.29, 1.82) is 0 Å². The molecule has 1 rings (SSSR count). The third kappa shape index (κ3) is 1.10. The molecule has 0 fully saturated rings. The Kier molecular flexibility index (Phi) is 1.52. The summed E-state index contributed by atoms with van der Waals surface area (Å²) >= 11 is 2.99. The Bertz CT molecular complexity index is 208. The number of carbonyl (C=O) groups excluding carboxylic acids is 1. The quantitative estimate of drug-likeness (QED) is 0.603. The highest BCUT2D eigenvalue weighted by Gasteiger charge is 2.14. The van der Waals surface area contributed by atoms with Crippen molar-refractivity contribution < 1.29 is 4.79 Å². The molecule has 1 radical (unpaired) electrons. The summed E-state index contributed by atoms with van der Waals surface area (Å²) in [5, 5.41) is 3.50. The smallest absolute Gasteiger partial charge is 0.253 e. The molecule has 0 aromatic heterocycles. The van der Waals surface area contributed by atoms with Crippen LogP contribution in [0.5, 0.6) is 0 Å². The zero-order chi connectivity index (χ0) is 6.85. The molecule has 0 aromatic carbocycles. The van der Waals surface area contributed by atoms with Gasteiger partial charge in [-0.3, -0.25) is 4.79 Å². The van der Waals surface area contributed by atoms with E-state index in [4.69, 9.17) is 5.73 Å². The van der Waals surface area contributed by atoms with E-state index in [2.05, 4.69) is 26.5 Å². The van der Waals surface area contributed by atoms with Crippen LogP contribution >= 0.6 is 15.9 Å². The summed E-state index contributed by atoms with van der Waals surface area (Å²) in [7, 11) is 0. The number of rotatable bonds is 1. The molecule has 1 aliphatic heterocycles. The van der Waals surface area contributed by atoms with Crippen molar-refractivity contribution in [1.82, 2.24) is 5.43 Å². The minimum atomic E-state index is -0.521. The van der Waals surface area contributed by atoms with Crippen LogP contribution in [-0.2, 0) is 4.79 Å². The molecule has 1 amide bonds. The van der Waals surface area contributed by atoms with Crippen LogP contribution in [0.25, 0.3) is 0 Å². The molecule has 0 atom stereocenters. The van der Waals surface area contributed by atoms with Gasteiger partial charge in [0, 0.05) is 0 Å². The summed E-state index contributed by atoms with van der Waals surface area (Å²) in [5.41, 5.74) is 8.67. The van der Waals surface area contributed by atoms with E-state index in [1.807, 2.05) is 0 Å². The lowest BCUT2D eigenvalue weighted by atomic mass is 10.3. The highest BCUT2D eigenvalue weighted by molar-refractivity contribution is 9.18. The van der Waals surface area contributed by atoms with Crippen molar-refractivity contribution in [2.45, 2.75) is 0 Å². The van der Waals surface area contributed by atoms with Crippen LogP contribution < -0.4 is 11.2 Å². The number of nitrogens with zero attached hydrogens (tertiary/aromatic N) is 2. The highest BCUT2D eigenvalue weighted by Crippen LogP contribution is 2.08. The first-order chi connectivity index (χ1) is 4.22. The van der Waals surface area contributed by atoms with Crippen LogP contribution in [0.1, 0.15) is 0 Å². The molecule has 0 aromatic rings. The summed E-state index contributed by atoms with van der Waals surface area (Å²) in [6, 6.07) is 0. The molecule has 5 heteroatoms. The van der Waals surface area contributed by atoms with Crippen molar-refractivity contribution in [3.8, 4) is 0 Å². The summed E-state index contributed by atoms with van der Waals surface area (Å²) in [5.74, 6) is -0.521. The van der Waals surface area contributed by atoms with Crippen molar-refractivity contribution in [2.75, 3.05) is 0 Å². The van der Waals surface area contributed by atoms with Crippen LogP contribution in [0, 0.1) is 0 Å². The van der Waals surface area contributed by atoms with E-state index in [0.29, 0.717) is 10.2 Å². The van der Waals surface area contributed by atoms with Crippen molar-refractivity contribution in [2.24, 2.45) is 10.8 Å². The summed E-state index contributed by atoms with van der Waals surface area (Å²) < 4.78 is 0.398. The maximum Gasteiger partial charge on any atom is 0.253 e. The second kappa shape index (κ2) is 2.18. The van der Waals surface area contributed by atoms with E-state index in [1.165, 1.54) is 6.20 Å². The summed E-state index contributed by atoms with van der Waals surface area (Å²) in [4.78, 5) is 10.4. The van der Waals surface area contributed by atoms with Gasteiger partial charge in [-0.2, -0.15) is 5.43 Å². The lowest BCUT2D eigenvalue weighted by Gasteiger charge is -1.87. The van der Waals surface area contributed by atoms with Gasteiger partial charge in [0.1, 0.15) is 4.62 Å². The molecule has 0 saturated heterocycles. The third-order valence-corrected chi connectivity index (χ3v) is 1.41. The molecular formula is C4H3BrN3O. The Balaban J connectivity index is 2.84. The number of halogens is 1. The standard InChI is InChI=1S/C4H3BrN3O/c5-3-2(4(6)9)1-7-8-3/h1H,(H2,6,9). The van der Waals surface area contributed by atoms with E-state index in [0.717, 1.165) is 0 Å². The number of hydrogen-bond donors (Lipinski definition) is 1.